The molecule has 4 amide bonds. The lowest BCUT2D eigenvalue weighted by Gasteiger charge is -2.14. The molecule has 1 saturated heterocycles. The third-order valence-corrected chi connectivity index (χ3v) is 3.49. The number of nitrogens with one attached hydrogen (secondary N) is 2. The van der Waals surface area contributed by atoms with Gasteiger partial charge in [-0.15, -0.1) is 0 Å². The van der Waals surface area contributed by atoms with Gasteiger partial charge in [-0.2, -0.15) is 0 Å². The molecule has 0 bridgehead atoms. The monoisotopic (exact) mass is 319 g/mol. The summed E-state index contributed by atoms with van der Waals surface area (Å²) in [6.07, 6.45) is 0.557. The molecule has 1 aliphatic rings. The Balaban J connectivity index is 1.94. The van der Waals surface area contributed by atoms with Crippen molar-refractivity contribution in [3.05, 3.63) is 24.3 Å². The van der Waals surface area contributed by atoms with Crippen LogP contribution in [0, 0.1) is 5.92 Å². The van der Waals surface area contributed by atoms with Gasteiger partial charge < -0.3 is 15.4 Å². The molecule has 7 heteroatoms. The van der Waals surface area contributed by atoms with E-state index in [0.29, 0.717) is 17.9 Å². The lowest BCUT2D eigenvalue weighted by Crippen LogP contribution is -2.38. The number of carbonyl (C=O) groups is 3. The van der Waals surface area contributed by atoms with Crippen LogP contribution in [-0.2, 0) is 9.59 Å². The fourth-order valence-corrected chi connectivity index (χ4v) is 2.38. The summed E-state index contributed by atoms with van der Waals surface area (Å²) in [6, 6.07) is 5.72. The molecule has 1 aromatic carbocycles. The first kappa shape index (κ1) is 16.8. The molecule has 0 saturated carbocycles. The predicted octanol–water partition coefficient (Wildman–Crippen LogP) is 1.60. The van der Waals surface area contributed by atoms with Gasteiger partial charge in [0.05, 0.1) is 7.11 Å². The summed E-state index contributed by atoms with van der Waals surface area (Å²) in [6.45, 7) is 3.64. The largest absolute Gasteiger partial charge is 0.497 e. The van der Waals surface area contributed by atoms with E-state index < -0.39 is 18.0 Å². The standard InChI is InChI=1S/C16H21N3O4/c1-10(2)8-13-15(21)19(16(22)18-13)9-14(20)17-11-4-6-12(23-3)7-5-11/h4-7,10,13H,8-9H2,1-3H3,(H,17,20)(H,18,22). The highest BCUT2D eigenvalue weighted by atomic mass is 16.5. The number of anilines is 1. The van der Waals surface area contributed by atoms with Crippen LogP contribution in [0.3, 0.4) is 0 Å². The number of benzene rings is 1. The maximum absolute atomic E-state index is 12.2. The average Bonchev–Trinajstić information content (AvgIpc) is 2.75. The highest BCUT2D eigenvalue weighted by Crippen LogP contribution is 2.16. The average molecular weight is 319 g/mol. The Kier molecular flexibility index (Phi) is 5.20. The Morgan fingerprint density at radius 1 is 1.30 bits per heavy atom. The molecular weight excluding hydrogens is 298 g/mol. The first-order valence-corrected chi connectivity index (χ1v) is 7.46. The van der Waals surface area contributed by atoms with Gasteiger partial charge in [-0.05, 0) is 36.6 Å². The molecule has 1 fully saturated rings. The zero-order chi connectivity index (χ0) is 17.0. The van der Waals surface area contributed by atoms with Crippen molar-refractivity contribution < 1.29 is 19.1 Å². The van der Waals surface area contributed by atoms with Crippen LogP contribution in [0.5, 0.6) is 5.75 Å². The molecule has 23 heavy (non-hydrogen) atoms. The number of nitrogens with zero attached hydrogens (tertiary/aromatic N) is 1. The van der Waals surface area contributed by atoms with Gasteiger partial charge in [0.25, 0.3) is 5.91 Å². The van der Waals surface area contributed by atoms with Gasteiger partial charge >= 0.3 is 6.03 Å². The summed E-state index contributed by atoms with van der Waals surface area (Å²) in [7, 11) is 1.55. The number of hydrogen-bond donors (Lipinski definition) is 2. The molecule has 7 nitrogen and oxygen atoms in total. The van der Waals surface area contributed by atoms with Crippen LogP contribution in [0.25, 0.3) is 0 Å². The number of methoxy groups -OCH3 is 1. The summed E-state index contributed by atoms with van der Waals surface area (Å²) < 4.78 is 5.03. The molecule has 1 heterocycles. The van der Waals surface area contributed by atoms with Gasteiger partial charge in [0, 0.05) is 5.69 Å². The Morgan fingerprint density at radius 3 is 2.52 bits per heavy atom. The number of ether oxygens (including phenoxy) is 1. The first-order valence-electron chi connectivity index (χ1n) is 7.46. The van der Waals surface area contributed by atoms with E-state index in [9.17, 15) is 14.4 Å². The van der Waals surface area contributed by atoms with E-state index in [1.807, 2.05) is 13.8 Å². The molecule has 0 aromatic heterocycles. The zero-order valence-corrected chi connectivity index (χ0v) is 13.5. The van der Waals surface area contributed by atoms with E-state index in [1.165, 1.54) is 0 Å². The van der Waals surface area contributed by atoms with Crippen molar-refractivity contribution in [3.8, 4) is 5.75 Å². The quantitative estimate of drug-likeness (QED) is 0.780. The maximum atomic E-state index is 12.2. The van der Waals surface area contributed by atoms with Crippen molar-refractivity contribution in [2.45, 2.75) is 26.3 Å². The molecule has 124 valence electrons. The Morgan fingerprint density at radius 2 is 1.96 bits per heavy atom. The van der Waals surface area contributed by atoms with Crippen molar-refractivity contribution in [2.75, 3.05) is 19.0 Å². The van der Waals surface area contributed by atoms with Gasteiger partial charge in [0.15, 0.2) is 0 Å². The van der Waals surface area contributed by atoms with Crippen molar-refractivity contribution in [2.24, 2.45) is 5.92 Å². The number of hydrogen-bond acceptors (Lipinski definition) is 4. The van der Waals surface area contributed by atoms with Gasteiger partial charge in [-0.3, -0.25) is 14.5 Å². The fraction of sp³-hybridized carbons (Fsp3) is 0.438. The summed E-state index contributed by atoms with van der Waals surface area (Å²) in [5.41, 5.74) is 0.571. The van der Waals surface area contributed by atoms with E-state index in [1.54, 1.807) is 31.4 Å². The van der Waals surface area contributed by atoms with E-state index in [-0.39, 0.29) is 18.4 Å². The molecule has 0 spiro atoms. The van der Waals surface area contributed by atoms with E-state index in [4.69, 9.17) is 4.74 Å². The van der Waals surface area contributed by atoms with Crippen molar-refractivity contribution in [1.29, 1.82) is 0 Å². The molecule has 0 radical (unpaired) electrons. The minimum absolute atomic E-state index is 0.275. The summed E-state index contributed by atoms with van der Waals surface area (Å²) in [5.74, 6) is 0.170. The van der Waals surface area contributed by atoms with Crippen LogP contribution in [0.1, 0.15) is 20.3 Å². The van der Waals surface area contributed by atoms with E-state index in [2.05, 4.69) is 10.6 Å². The van der Waals surface area contributed by atoms with Gasteiger partial charge in [0.1, 0.15) is 18.3 Å². The molecular formula is C16H21N3O4. The number of amides is 4. The molecule has 1 unspecified atom stereocenters. The highest BCUT2D eigenvalue weighted by Gasteiger charge is 2.38. The van der Waals surface area contributed by atoms with E-state index >= 15 is 0 Å². The minimum Gasteiger partial charge on any atom is -0.497 e. The van der Waals surface area contributed by atoms with Crippen LogP contribution in [0.4, 0.5) is 10.5 Å². The second kappa shape index (κ2) is 7.13. The zero-order valence-electron chi connectivity index (χ0n) is 13.5. The lowest BCUT2D eigenvalue weighted by atomic mass is 10.0. The maximum Gasteiger partial charge on any atom is 0.325 e. The SMILES string of the molecule is COc1ccc(NC(=O)CN2C(=O)NC(CC(C)C)C2=O)cc1. The summed E-state index contributed by atoms with van der Waals surface area (Å²) in [5, 5.41) is 5.26. The predicted molar refractivity (Wildman–Crippen MR) is 85.1 cm³/mol. The number of rotatable bonds is 6. The Labute approximate surface area is 135 Å². The molecule has 1 aliphatic heterocycles. The van der Waals surface area contributed by atoms with Crippen molar-refractivity contribution >= 4 is 23.5 Å². The second-order valence-electron chi connectivity index (χ2n) is 5.83. The normalized spacial score (nSPS) is 17.4. The first-order chi connectivity index (χ1) is 10.9. The van der Waals surface area contributed by atoms with Crippen molar-refractivity contribution in [1.82, 2.24) is 10.2 Å². The van der Waals surface area contributed by atoms with Crippen molar-refractivity contribution in [3.63, 3.8) is 0 Å². The summed E-state index contributed by atoms with van der Waals surface area (Å²) in [4.78, 5) is 37.0. The number of carbonyl (C=O) groups excluding carboxylic acids is 3. The topological polar surface area (TPSA) is 87.7 Å². The van der Waals surface area contributed by atoms with Crippen LogP contribution in [-0.4, -0.2) is 42.4 Å². The Bertz CT molecular complexity index is 598. The van der Waals surface area contributed by atoms with Crippen LogP contribution in [0.15, 0.2) is 24.3 Å². The van der Waals surface area contributed by atoms with Gasteiger partial charge in [-0.1, -0.05) is 13.8 Å². The van der Waals surface area contributed by atoms with Gasteiger partial charge in [-0.25, -0.2) is 4.79 Å². The summed E-state index contributed by atoms with van der Waals surface area (Å²) >= 11 is 0. The molecule has 1 atom stereocenters. The van der Waals surface area contributed by atoms with Crippen LogP contribution >= 0.6 is 0 Å². The van der Waals surface area contributed by atoms with Crippen LogP contribution < -0.4 is 15.4 Å². The Hall–Kier alpha value is -2.57. The molecule has 1 aromatic rings. The highest BCUT2D eigenvalue weighted by molar-refractivity contribution is 6.07. The van der Waals surface area contributed by atoms with Crippen LogP contribution in [0.2, 0.25) is 0 Å². The van der Waals surface area contributed by atoms with Gasteiger partial charge in [0.2, 0.25) is 5.91 Å². The third-order valence-electron chi connectivity index (χ3n) is 3.49. The third kappa shape index (κ3) is 4.21. The number of urea groups is 1. The van der Waals surface area contributed by atoms with E-state index in [0.717, 1.165) is 4.90 Å². The molecule has 2 rings (SSSR count). The lowest BCUT2D eigenvalue weighted by molar-refractivity contribution is -0.131. The smallest absolute Gasteiger partial charge is 0.325 e. The fourth-order valence-electron chi connectivity index (χ4n) is 2.38. The number of imide groups is 1. The second-order valence-corrected chi connectivity index (χ2v) is 5.83. The molecule has 2 N–H and O–H groups in total. The molecule has 0 aliphatic carbocycles. The minimum atomic E-state index is -0.545.